The van der Waals surface area contributed by atoms with Crippen molar-refractivity contribution in [1.82, 2.24) is 0 Å². The van der Waals surface area contributed by atoms with Gasteiger partial charge >= 0.3 is 0 Å². The van der Waals surface area contributed by atoms with Crippen molar-refractivity contribution in [2.75, 3.05) is 0 Å². The Morgan fingerprint density at radius 1 is 0.600 bits per heavy atom. The predicted octanol–water partition coefficient (Wildman–Crippen LogP) is 3.99. The summed E-state index contributed by atoms with van der Waals surface area (Å²) < 4.78 is 0. The third kappa shape index (κ3) is 2.69. The molecule has 2 nitrogen and oxygen atoms in total. The van der Waals surface area contributed by atoms with Gasteiger partial charge in [-0.2, -0.15) is 0 Å². The molecule has 0 aromatic heterocycles. The van der Waals surface area contributed by atoms with Crippen molar-refractivity contribution in [1.29, 1.82) is 0 Å². The van der Waals surface area contributed by atoms with E-state index >= 15 is 0 Å². The number of hydrogen-bond acceptors (Lipinski definition) is 2. The van der Waals surface area contributed by atoms with Crippen LogP contribution in [0.4, 0.5) is 0 Å². The first-order valence-electron chi connectivity index (χ1n) is 6.63. The lowest BCUT2D eigenvalue weighted by atomic mass is 9.96. The molecular formula is C18H18O2. The summed E-state index contributed by atoms with van der Waals surface area (Å²) in [7, 11) is 0. The number of ketones is 2. The monoisotopic (exact) mass is 266 g/mol. The second kappa shape index (κ2) is 5.41. The first-order chi connectivity index (χ1) is 9.40. The molecule has 0 saturated heterocycles. The van der Waals surface area contributed by atoms with Crippen LogP contribution in [0.25, 0.3) is 0 Å². The van der Waals surface area contributed by atoms with E-state index in [1.54, 1.807) is 24.3 Å². The first-order valence-corrected chi connectivity index (χ1v) is 6.63. The molecule has 0 saturated carbocycles. The van der Waals surface area contributed by atoms with Crippen LogP contribution in [0.2, 0.25) is 0 Å². The van der Waals surface area contributed by atoms with Gasteiger partial charge in [0.05, 0.1) is 0 Å². The smallest absolute Gasteiger partial charge is 0.233 e. The molecule has 2 aromatic carbocycles. The Morgan fingerprint density at radius 3 is 1.25 bits per heavy atom. The van der Waals surface area contributed by atoms with Gasteiger partial charge in [0.2, 0.25) is 11.6 Å². The molecule has 0 N–H and O–H groups in total. The first kappa shape index (κ1) is 14.2. The molecule has 0 aliphatic carbocycles. The SMILES string of the molecule is Cc1ccc(C(=O)C(=O)c2ccc(C)c(C)c2)cc1C. The zero-order valence-electron chi connectivity index (χ0n) is 12.3. The summed E-state index contributed by atoms with van der Waals surface area (Å²) in [5, 5.41) is 0. The topological polar surface area (TPSA) is 34.1 Å². The van der Waals surface area contributed by atoms with Crippen molar-refractivity contribution in [3.8, 4) is 0 Å². The minimum Gasteiger partial charge on any atom is -0.285 e. The maximum Gasteiger partial charge on any atom is 0.233 e. The standard InChI is InChI=1S/C18H18O2/c1-11-5-7-15(9-13(11)3)17(19)18(20)16-8-6-12(2)14(4)10-16/h5-10H,1-4H3. The molecule has 0 aliphatic heterocycles. The zero-order chi connectivity index (χ0) is 14.9. The molecule has 0 aliphatic rings. The van der Waals surface area contributed by atoms with Crippen LogP contribution in [-0.2, 0) is 0 Å². The molecule has 20 heavy (non-hydrogen) atoms. The highest BCUT2D eigenvalue weighted by Gasteiger charge is 2.18. The van der Waals surface area contributed by atoms with E-state index in [1.807, 2.05) is 39.8 Å². The quantitative estimate of drug-likeness (QED) is 0.622. The van der Waals surface area contributed by atoms with Crippen molar-refractivity contribution in [2.45, 2.75) is 27.7 Å². The highest BCUT2D eigenvalue weighted by Crippen LogP contribution is 2.15. The number of hydrogen-bond donors (Lipinski definition) is 0. The van der Waals surface area contributed by atoms with Gasteiger partial charge < -0.3 is 0 Å². The molecule has 2 heteroatoms. The fourth-order valence-corrected chi connectivity index (χ4v) is 2.03. The third-order valence-electron chi connectivity index (χ3n) is 3.74. The minimum atomic E-state index is -0.448. The molecule has 0 radical (unpaired) electrons. The van der Waals surface area contributed by atoms with E-state index in [-0.39, 0.29) is 0 Å². The Labute approximate surface area is 119 Å². The lowest BCUT2D eigenvalue weighted by molar-refractivity contribution is 0.0817. The maximum absolute atomic E-state index is 12.3. The predicted molar refractivity (Wildman–Crippen MR) is 80.5 cm³/mol. The van der Waals surface area contributed by atoms with E-state index < -0.39 is 11.6 Å². The van der Waals surface area contributed by atoms with Crippen molar-refractivity contribution in [3.63, 3.8) is 0 Å². The van der Waals surface area contributed by atoms with Crippen molar-refractivity contribution in [2.24, 2.45) is 0 Å². The fourth-order valence-electron chi connectivity index (χ4n) is 2.03. The van der Waals surface area contributed by atoms with Gasteiger partial charge in [-0.1, -0.05) is 24.3 Å². The summed E-state index contributed by atoms with van der Waals surface area (Å²) in [5.74, 6) is -0.896. The molecule has 0 fully saturated rings. The molecule has 0 bridgehead atoms. The average molecular weight is 266 g/mol. The van der Waals surface area contributed by atoms with Crippen LogP contribution in [0.3, 0.4) is 0 Å². The molecular weight excluding hydrogens is 248 g/mol. The minimum absolute atomic E-state index is 0.448. The average Bonchev–Trinajstić information content (AvgIpc) is 2.43. The van der Waals surface area contributed by atoms with Crippen LogP contribution in [0.5, 0.6) is 0 Å². The van der Waals surface area contributed by atoms with E-state index in [4.69, 9.17) is 0 Å². The second-order valence-corrected chi connectivity index (χ2v) is 5.26. The Morgan fingerprint density at radius 2 is 0.950 bits per heavy atom. The van der Waals surface area contributed by atoms with E-state index in [0.717, 1.165) is 22.3 Å². The van der Waals surface area contributed by atoms with Crippen LogP contribution < -0.4 is 0 Å². The van der Waals surface area contributed by atoms with Crippen LogP contribution >= 0.6 is 0 Å². The van der Waals surface area contributed by atoms with E-state index in [1.165, 1.54) is 0 Å². The normalized spacial score (nSPS) is 10.4. The van der Waals surface area contributed by atoms with Crippen LogP contribution in [0.1, 0.15) is 43.0 Å². The van der Waals surface area contributed by atoms with Crippen molar-refractivity contribution < 1.29 is 9.59 Å². The van der Waals surface area contributed by atoms with Gasteiger partial charge in [-0.05, 0) is 62.1 Å². The summed E-state index contributed by atoms with van der Waals surface area (Å²) in [5.41, 5.74) is 5.17. The largest absolute Gasteiger partial charge is 0.285 e. The van der Waals surface area contributed by atoms with Gasteiger partial charge in [0.15, 0.2) is 0 Å². The van der Waals surface area contributed by atoms with Crippen molar-refractivity contribution in [3.05, 3.63) is 69.8 Å². The van der Waals surface area contributed by atoms with Gasteiger partial charge in [-0.15, -0.1) is 0 Å². The molecule has 2 rings (SSSR count). The molecule has 0 unspecified atom stereocenters. The zero-order valence-corrected chi connectivity index (χ0v) is 12.3. The summed E-state index contributed by atoms with van der Waals surface area (Å²) in [6, 6.07) is 10.7. The van der Waals surface area contributed by atoms with Crippen LogP contribution in [0.15, 0.2) is 36.4 Å². The Bertz CT molecular complexity index is 635. The van der Waals surface area contributed by atoms with Gasteiger partial charge in [0.25, 0.3) is 0 Å². The Hall–Kier alpha value is -2.22. The summed E-state index contributed by atoms with van der Waals surface area (Å²) in [4.78, 5) is 24.5. The molecule has 0 atom stereocenters. The van der Waals surface area contributed by atoms with E-state index in [9.17, 15) is 9.59 Å². The summed E-state index contributed by atoms with van der Waals surface area (Å²) in [6.45, 7) is 7.84. The second-order valence-electron chi connectivity index (χ2n) is 5.26. The highest BCUT2D eigenvalue weighted by molar-refractivity contribution is 6.49. The van der Waals surface area contributed by atoms with E-state index in [0.29, 0.717) is 11.1 Å². The number of rotatable bonds is 3. The maximum atomic E-state index is 12.3. The summed E-state index contributed by atoms with van der Waals surface area (Å²) in [6.07, 6.45) is 0. The summed E-state index contributed by atoms with van der Waals surface area (Å²) >= 11 is 0. The van der Waals surface area contributed by atoms with Crippen LogP contribution in [-0.4, -0.2) is 11.6 Å². The molecule has 102 valence electrons. The van der Waals surface area contributed by atoms with Gasteiger partial charge in [-0.25, -0.2) is 0 Å². The number of aryl methyl sites for hydroxylation is 4. The van der Waals surface area contributed by atoms with Crippen LogP contribution in [0, 0.1) is 27.7 Å². The number of Topliss-reactive ketones (excluding diaryl/α,β-unsaturated/α-hetero) is 2. The molecule has 2 aromatic rings. The lowest BCUT2D eigenvalue weighted by Gasteiger charge is -2.06. The van der Waals surface area contributed by atoms with Gasteiger partial charge in [-0.3, -0.25) is 9.59 Å². The highest BCUT2D eigenvalue weighted by atomic mass is 16.2. The number of carbonyl (C=O) groups is 2. The van der Waals surface area contributed by atoms with Gasteiger partial charge in [0.1, 0.15) is 0 Å². The number of carbonyl (C=O) groups excluding carboxylic acids is 2. The molecule has 0 amide bonds. The Balaban J connectivity index is 2.34. The lowest BCUT2D eigenvalue weighted by Crippen LogP contribution is -2.15. The third-order valence-corrected chi connectivity index (χ3v) is 3.74. The van der Waals surface area contributed by atoms with Gasteiger partial charge in [0, 0.05) is 11.1 Å². The van der Waals surface area contributed by atoms with E-state index in [2.05, 4.69) is 0 Å². The number of benzene rings is 2. The fraction of sp³-hybridized carbons (Fsp3) is 0.222. The van der Waals surface area contributed by atoms with Crippen molar-refractivity contribution >= 4 is 11.6 Å². The molecule has 0 heterocycles. The Kier molecular flexibility index (Phi) is 3.84. The molecule has 0 spiro atoms.